The standard InChI is InChI=1S/C14H19N3O4/c1-14(2,3)21-13(19)16-11(12(15)18)8-9-4-6-10(17-20)7-5-9/h4-7,11H,8H2,1-3H3,(H2,15,18)(H,16,19). The number of nitrogens with one attached hydrogen (secondary N) is 1. The van der Waals surface area contributed by atoms with Crippen molar-refractivity contribution in [2.75, 3.05) is 0 Å². The summed E-state index contributed by atoms with van der Waals surface area (Å²) in [6.45, 7) is 5.16. The molecule has 2 amide bonds. The third-order valence-electron chi connectivity index (χ3n) is 2.52. The number of amides is 2. The minimum absolute atomic E-state index is 0.202. The van der Waals surface area contributed by atoms with Gasteiger partial charge in [-0.15, -0.1) is 4.91 Å². The predicted molar refractivity (Wildman–Crippen MR) is 78.0 cm³/mol. The number of nitroso groups, excluding NO2 is 1. The van der Waals surface area contributed by atoms with Crippen molar-refractivity contribution in [1.82, 2.24) is 5.32 Å². The number of carbonyl (C=O) groups excluding carboxylic acids is 2. The van der Waals surface area contributed by atoms with Crippen molar-refractivity contribution in [3.05, 3.63) is 34.7 Å². The molecule has 1 aromatic rings. The first-order chi connectivity index (χ1) is 9.71. The molecule has 1 aromatic carbocycles. The van der Waals surface area contributed by atoms with Crippen LogP contribution in [0.25, 0.3) is 0 Å². The molecule has 0 heterocycles. The van der Waals surface area contributed by atoms with Crippen LogP contribution in [-0.2, 0) is 16.0 Å². The van der Waals surface area contributed by atoms with Crippen LogP contribution >= 0.6 is 0 Å². The summed E-state index contributed by atoms with van der Waals surface area (Å²) in [5, 5.41) is 5.21. The summed E-state index contributed by atoms with van der Waals surface area (Å²) in [7, 11) is 0. The van der Waals surface area contributed by atoms with Crippen LogP contribution in [0.4, 0.5) is 10.5 Å². The molecule has 7 heteroatoms. The Hall–Kier alpha value is -2.44. The first kappa shape index (κ1) is 16.6. The highest BCUT2D eigenvalue weighted by molar-refractivity contribution is 5.84. The highest BCUT2D eigenvalue weighted by Crippen LogP contribution is 2.14. The second-order valence-corrected chi connectivity index (χ2v) is 5.56. The van der Waals surface area contributed by atoms with Gasteiger partial charge in [-0.05, 0) is 43.6 Å². The lowest BCUT2D eigenvalue weighted by Gasteiger charge is -2.22. The Kier molecular flexibility index (Phi) is 5.40. The summed E-state index contributed by atoms with van der Waals surface area (Å²) in [6.07, 6.45) is -0.509. The van der Waals surface area contributed by atoms with Crippen molar-refractivity contribution in [2.45, 2.75) is 38.8 Å². The molecule has 1 unspecified atom stereocenters. The monoisotopic (exact) mass is 293 g/mol. The zero-order valence-electron chi connectivity index (χ0n) is 12.3. The van der Waals surface area contributed by atoms with Gasteiger partial charge in [-0.25, -0.2) is 4.79 Å². The maximum atomic E-state index is 11.7. The maximum absolute atomic E-state index is 11.7. The van der Waals surface area contributed by atoms with E-state index < -0.39 is 23.6 Å². The van der Waals surface area contributed by atoms with E-state index in [0.717, 1.165) is 5.56 Å². The number of carbonyl (C=O) groups is 2. The second kappa shape index (κ2) is 6.83. The highest BCUT2D eigenvalue weighted by Gasteiger charge is 2.22. The van der Waals surface area contributed by atoms with Gasteiger partial charge in [-0.2, -0.15) is 0 Å². The zero-order chi connectivity index (χ0) is 16.0. The van der Waals surface area contributed by atoms with Gasteiger partial charge < -0.3 is 15.8 Å². The fourth-order valence-corrected chi connectivity index (χ4v) is 1.60. The summed E-state index contributed by atoms with van der Waals surface area (Å²) < 4.78 is 5.08. The summed E-state index contributed by atoms with van der Waals surface area (Å²) in [4.78, 5) is 33.4. The van der Waals surface area contributed by atoms with Crippen LogP contribution in [0.5, 0.6) is 0 Å². The molecule has 7 nitrogen and oxygen atoms in total. The van der Waals surface area contributed by atoms with E-state index in [4.69, 9.17) is 10.5 Å². The van der Waals surface area contributed by atoms with Crippen LogP contribution in [0.1, 0.15) is 26.3 Å². The number of nitrogens with two attached hydrogens (primary N) is 1. The van der Waals surface area contributed by atoms with Crippen LogP contribution in [-0.4, -0.2) is 23.6 Å². The molecule has 0 radical (unpaired) electrons. The molecule has 0 bridgehead atoms. The van der Waals surface area contributed by atoms with E-state index in [1.165, 1.54) is 12.1 Å². The third kappa shape index (κ3) is 6.03. The molecule has 0 saturated carbocycles. The Balaban J connectivity index is 2.71. The van der Waals surface area contributed by atoms with E-state index in [1.807, 2.05) is 0 Å². The molecular weight excluding hydrogens is 274 g/mol. The molecule has 21 heavy (non-hydrogen) atoms. The molecule has 0 saturated heterocycles. The molecule has 0 aliphatic heterocycles. The smallest absolute Gasteiger partial charge is 0.408 e. The van der Waals surface area contributed by atoms with Crippen LogP contribution in [0, 0.1) is 4.91 Å². The normalized spacial score (nSPS) is 12.3. The molecule has 0 aliphatic rings. The van der Waals surface area contributed by atoms with Gasteiger partial charge in [-0.1, -0.05) is 12.1 Å². The fraction of sp³-hybridized carbons (Fsp3) is 0.429. The van der Waals surface area contributed by atoms with Gasteiger partial charge in [0.1, 0.15) is 17.3 Å². The number of rotatable bonds is 5. The number of nitrogens with zero attached hydrogens (tertiary/aromatic N) is 1. The van der Waals surface area contributed by atoms with Crippen molar-refractivity contribution in [2.24, 2.45) is 10.9 Å². The Morgan fingerprint density at radius 1 is 1.29 bits per heavy atom. The second-order valence-electron chi connectivity index (χ2n) is 5.56. The Labute approximate surface area is 122 Å². The maximum Gasteiger partial charge on any atom is 0.408 e. The largest absolute Gasteiger partial charge is 0.444 e. The first-order valence-electron chi connectivity index (χ1n) is 6.42. The lowest BCUT2D eigenvalue weighted by atomic mass is 10.1. The summed E-state index contributed by atoms with van der Waals surface area (Å²) >= 11 is 0. The number of alkyl carbamates (subject to hydrolysis) is 1. The van der Waals surface area contributed by atoms with Gasteiger partial charge in [-0.3, -0.25) is 4.79 Å². The average Bonchev–Trinajstić information content (AvgIpc) is 2.36. The molecule has 0 aromatic heterocycles. The SMILES string of the molecule is CC(C)(C)OC(=O)NC(Cc1ccc(N=O)cc1)C(N)=O. The molecule has 1 rings (SSSR count). The van der Waals surface area contributed by atoms with Gasteiger partial charge in [0.15, 0.2) is 0 Å². The van der Waals surface area contributed by atoms with Crippen LogP contribution in [0.2, 0.25) is 0 Å². The Morgan fingerprint density at radius 2 is 1.86 bits per heavy atom. The van der Waals surface area contributed by atoms with Crippen molar-refractivity contribution in [3.8, 4) is 0 Å². The molecule has 0 aliphatic carbocycles. The van der Waals surface area contributed by atoms with Crippen LogP contribution in [0.15, 0.2) is 29.4 Å². The summed E-state index contributed by atoms with van der Waals surface area (Å²) in [5.41, 5.74) is 5.64. The summed E-state index contributed by atoms with van der Waals surface area (Å²) in [6, 6.07) is 5.43. The van der Waals surface area contributed by atoms with Crippen molar-refractivity contribution in [1.29, 1.82) is 0 Å². The van der Waals surface area contributed by atoms with Gasteiger partial charge in [0.2, 0.25) is 5.91 Å². The minimum Gasteiger partial charge on any atom is -0.444 e. The van der Waals surface area contributed by atoms with Gasteiger partial charge in [0, 0.05) is 6.42 Å². The molecule has 0 fully saturated rings. The highest BCUT2D eigenvalue weighted by atomic mass is 16.6. The molecular formula is C14H19N3O4. The predicted octanol–water partition coefficient (Wildman–Crippen LogP) is 2.01. The fourth-order valence-electron chi connectivity index (χ4n) is 1.60. The first-order valence-corrected chi connectivity index (χ1v) is 6.42. The van der Waals surface area contributed by atoms with Gasteiger partial charge >= 0.3 is 6.09 Å². The quantitative estimate of drug-likeness (QED) is 0.809. The topological polar surface area (TPSA) is 111 Å². The molecule has 0 spiro atoms. The minimum atomic E-state index is -0.894. The third-order valence-corrected chi connectivity index (χ3v) is 2.52. The number of ether oxygens (including phenoxy) is 1. The zero-order valence-corrected chi connectivity index (χ0v) is 12.3. The van der Waals surface area contributed by atoms with E-state index >= 15 is 0 Å². The lowest BCUT2D eigenvalue weighted by Crippen LogP contribution is -2.47. The number of hydrogen-bond acceptors (Lipinski definition) is 5. The van der Waals surface area contributed by atoms with Crippen LogP contribution < -0.4 is 11.1 Å². The van der Waals surface area contributed by atoms with Gasteiger partial charge in [0.05, 0.1) is 0 Å². The Morgan fingerprint density at radius 3 is 2.29 bits per heavy atom. The molecule has 3 N–H and O–H groups in total. The van der Waals surface area contributed by atoms with E-state index in [-0.39, 0.29) is 12.1 Å². The molecule has 114 valence electrons. The number of benzene rings is 1. The Bertz CT molecular complexity index is 520. The number of hydrogen-bond donors (Lipinski definition) is 2. The van der Waals surface area contributed by atoms with Crippen molar-refractivity contribution >= 4 is 17.7 Å². The molecule has 1 atom stereocenters. The van der Waals surface area contributed by atoms with Crippen LogP contribution in [0.3, 0.4) is 0 Å². The average molecular weight is 293 g/mol. The van der Waals surface area contributed by atoms with E-state index in [2.05, 4.69) is 10.5 Å². The van der Waals surface area contributed by atoms with Gasteiger partial charge in [0.25, 0.3) is 0 Å². The van der Waals surface area contributed by atoms with E-state index in [9.17, 15) is 14.5 Å². The van der Waals surface area contributed by atoms with Crippen molar-refractivity contribution in [3.63, 3.8) is 0 Å². The number of primary amides is 1. The van der Waals surface area contributed by atoms with Crippen molar-refractivity contribution < 1.29 is 14.3 Å². The van der Waals surface area contributed by atoms with E-state index in [1.54, 1.807) is 32.9 Å². The summed E-state index contributed by atoms with van der Waals surface area (Å²) in [5.74, 6) is -0.668. The van der Waals surface area contributed by atoms with E-state index in [0.29, 0.717) is 0 Å². The lowest BCUT2D eigenvalue weighted by molar-refractivity contribution is -0.120.